The lowest BCUT2D eigenvalue weighted by atomic mass is 9.97. The molecule has 0 spiro atoms. The summed E-state index contributed by atoms with van der Waals surface area (Å²) in [4.78, 5) is 11.1. The van der Waals surface area contributed by atoms with Gasteiger partial charge < -0.3 is 15.6 Å². The zero-order valence-electron chi connectivity index (χ0n) is 17.8. The second-order valence-electron chi connectivity index (χ2n) is 7.68. The van der Waals surface area contributed by atoms with Gasteiger partial charge in [-0.2, -0.15) is 0 Å². The van der Waals surface area contributed by atoms with Crippen molar-refractivity contribution < 1.29 is 32.2 Å². The summed E-state index contributed by atoms with van der Waals surface area (Å²) in [5.41, 5.74) is 6.87. The predicted octanol–water partition coefficient (Wildman–Crippen LogP) is 5.59. The minimum Gasteiger partial charge on any atom is -0.489 e. The van der Waals surface area contributed by atoms with Crippen LogP contribution < -0.4 is 10.5 Å². The molecule has 0 saturated heterocycles. The van der Waals surface area contributed by atoms with Crippen molar-refractivity contribution in [1.82, 2.24) is 4.57 Å². The average Bonchev–Trinajstić information content (AvgIpc) is 3.22. The number of carboxylic acids is 1. The molecule has 0 amide bonds. The summed E-state index contributed by atoms with van der Waals surface area (Å²) < 4.78 is 61.9. The zero-order chi connectivity index (χ0) is 24.5. The molecular formula is C25H20F4N2O3. The highest BCUT2D eigenvalue weighted by Crippen LogP contribution is 2.37. The van der Waals surface area contributed by atoms with Gasteiger partial charge in [0.1, 0.15) is 18.2 Å². The quantitative estimate of drug-likeness (QED) is 0.344. The summed E-state index contributed by atoms with van der Waals surface area (Å²) in [7, 11) is 0. The Kier molecular flexibility index (Phi) is 6.30. The number of nitrogens with two attached hydrogens (primary N) is 1. The summed E-state index contributed by atoms with van der Waals surface area (Å²) in [5.74, 6) is -1.34. The maximum Gasteiger partial charge on any atom is 0.488 e. The Balaban J connectivity index is 1.82. The fourth-order valence-electron chi connectivity index (χ4n) is 3.89. The van der Waals surface area contributed by atoms with E-state index in [2.05, 4.69) is 0 Å². The molecule has 4 rings (SSSR count). The number of nitrogens with zero attached hydrogens (tertiary/aromatic N) is 1. The van der Waals surface area contributed by atoms with E-state index in [1.165, 1.54) is 24.3 Å². The maximum absolute atomic E-state index is 15.1. The molecule has 0 radical (unpaired) electrons. The van der Waals surface area contributed by atoms with E-state index in [4.69, 9.17) is 15.6 Å². The van der Waals surface area contributed by atoms with Gasteiger partial charge in [-0.05, 0) is 35.4 Å². The van der Waals surface area contributed by atoms with Crippen molar-refractivity contribution in [3.8, 4) is 16.9 Å². The number of carbonyl (C=O) groups is 1. The van der Waals surface area contributed by atoms with Crippen LogP contribution in [0.5, 0.6) is 5.75 Å². The summed E-state index contributed by atoms with van der Waals surface area (Å²) in [6, 6.07) is 15.3. The molecule has 9 heteroatoms. The number of benzene rings is 3. The minimum absolute atomic E-state index is 0.0600. The molecule has 5 nitrogen and oxygen atoms in total. The lowest BCUT2D eigenvalue weighted by Crippen LogP contribution is -2.15. The number of hydrogen-bond acceptors (Lipinski definition) is 3. The highest BCUT2D eigenvalue weighted by Gasteiger charge is 2.32. The number of fused-ring (bicyclic) bond motifs is 1. The predicted molar refractivity (Wildman–Crippen MR) is 119 cm³/mol. The molecule has 0 bridgehead atoms. The highest BCUT2D eigenvalue weighted by atomic mass is 19.4. The molecule has 0 atom stereocenters. The normalized spacial score (nSPS) is 11.7. The highest BCUT2D eigenvalue weighted by molar-refractivity contribution is 5.96. The molecule has 0 aliphatic rings. The van der Waals surface area contributed by atoms with Gasteiger partial charge in [-0.25, -0.2) is 4.39 Å². The lowest BCUT2D eigenvalue weighted by Gasteiger charge is -2.15. The van der Waals surface area contributed by atoms with Crippen LogP contribution in [0.4, 0.5) is 17.6 Å². The number of ether oxygens (including phenoxy) is 1. The molecular weight excluding hydrogens is 452 g/mol. The number of para-hydroxylation sites is 1. The monoisotopic (exact) mass is 472 g/mol. The van der Waals surface area contributed by atoms with Crippen molar-refractivity contribution in [2.24, 2.45) is 5.73 Å². The first-order valence-electron chi connectivity index (χ1n) is 10.3. The molecule has 3 N–H and O–H groups in total. The molecule has 0 aliphatic heterocycles. The number of alkyl halides is 3. The van der Waals surface area contributed by atoms with Gasteiger partial charge in [-0.15, -0.1) is 13.2 Å². The van der Waals surface area contributed by atoms with Crippen LogP contribution in [0.2, 0.25) is 0 Å². The number of carboxylic acid groups (broad SMARTS) is 1. The Labute approximate surface area is 192 Å². The molecule has 1 heterocycles. The van der Waals surface area contributed by atoms with E-state index in [0.717, 1.165) is 6.20 Å². The number of rotatable bonds is 7. The van der Waals surface area contributed by atoms with Gasteiger partial charge in [0.15, 0.2) is 0 Å². The fraction of sp³-hybridized carbons (Fsp3) is 0.160. The van der Waals surface area contributed by atoms with Crippen LogP contribution in [0.15, 0.2) is 66.9 Å². The second-order valence-corrected chi connectivity index (χ2v) is 7.68. The van der Waals surface area contributed by atoms with Gasteiger partial charge in [0.25, 0.3) is 0 Å². The number of aliphatic carboxylic acids is 1. The molecule has 1 aromatic heterocycles. The number of halogens is 4. The SMILES string of the molecule is NCc1cccc(-c2cc(COc3ccccc3CC(=O)O)cc3c2ccn3C(F)(F)F)c1F. The van der Waals surface area contributed by atoms with Crippen molar-refractivity contribution in [1.29, 1.82) is 0 Å². The van der Waals surface area contributed by atoms with Crippen LogP contribution in [-0.4, -0.2) is 15.6 Å². The van der Waals surface area contributed by atoms with Gasteiger partial charge in [-0.3, -0.25) is 9.36 Å². The zero-order valence-corrected chi connectivity index (χ0v) is 17.8. The Bertz CT molecular complexity index is 1360. The third-order valence-corrected chi connectivity index (χ3v) is 5.44. The summed E-state index contributed by atoms with van der Waals surface area (Å²) in [6.45, 7) is -0.212. The van der Waals surface area contributed by atoms with Crippen LogP contribution in [0.3, 0.4) is 0 Å². The molecule has 0 unspecified atom stereocenters. The lowest BCUT2D eigenvalue weighted by molar-refractivity contribution is -0.200. The van der Waals surface area contributed by atoms with Crippen molar-refractivity contribution in [3.05, 3.63) is 89.4 Å². The van der Waals surface area contributed by atoms with Crippen molar-refractivity contribution in [3.63, 3.8) is 0 Å². The molecule has 0 fully saturated rings. The molecule has 4 aromatic rings. The molecule has 3 aromatic carbocycles. The van der Waals surface area contributed by atoms with E-state index in [-0.39, 0.29) is 51.7 Å². The Morgan fingerprint density at radius 3 is 2.44 bits per heavy atom. The van der Waals surface area contributed by atoms with E-state index in [1.54, 1.807) is 36.4 Å². The summed E-state index contributed by atoms with van der Waals surface area (Å²) in [6.07, 6.45) is -4.05. The van der Waals surface area contributed by atoms with Crippen LogP contribution in [-0.2, 0) is 30.7 Å². The molecule has 0 aliphatic carbocycles. The van der Waals surface area contributed by atoms with Crippen LogP contribution in [0.1, 0.15) is 16.7 Å². The van der Waals surface area contributed by atoms with Gasteiger partial charge in [0.05, 0.1) is 11.9 Å². The Morgan fingerprint density at radius 2 is 1.74 bits per heavy atom. The van der Waals surface area contributed by atoms with Crippen LogP contribution >= 0.6 is 0 Å². The van der Waals surface area contributed by atoms with E-state index in [1.807, 2.05) is 0 Å². The fourth-order valence-corrected chi connectivity index (χ4v) is 3.89. The first kappa shape index (κ1) is 23.3. The smallest absolute Gasteiger partial charge is 0.488 e. The topological polar surface area (TPSA) is 77.5 Å². The summed E-state index contributed by atoms with van der Waals surface area (Å²) in [5, 5.41) is 9.32. The van der Waals surface area contributed by atoms with Crippen molar-refractivity contribution in [2.75, 3.05) is 0 Å². The summed E-state index contributed by atoms with van der Waals surface area (Å²) >= 11 is 0. The standard InChI is InChI=1S/C25H20F4N2O3/c26-24-17(13-30)5-3-6-19(24)20-10-15(11-21-18(20)8-9-31(21)25(27,28)29)14-34-22-7-2-1-4-16(22)12-23(32)33/h1-11H,12-14,30H2,(H,32,33). The minimum atomic E-state index is -4.68. The first-order chi connectivity index (χ1) is 16.2. The molecule has 34 heavy (non-hydrogen) atoms. The van der Waals surface area contributed by atoms with E-state index in [0.29, 0.717) is 16.9 Å². The second kappa shape index (κ2) is 9.18. The molecule has 176 valence electrons. The van der Waals surface area contributed by atoms with Gasteiger partial charge in [-0.1, -0.05) is 36.4 Å². The van der Waals surface area contributed by atoms with Crippen LogP contribution in [0, 0.1) is 5.82 Å². The van der Waals surface area contributed by atoms with Crippen LogP contribution in [0.25, 0.3) is 22.0 Å². The van der Waals surface area contributed by atoms with Crippen molar-refractivity contribution >= 4 is 16.9 Å². The Morgan fingerprint density at radius 1 is 1.00 bits per heavy atom. The van der Waals surface area contributed by atoms with Crippen molar-refractivity contribution in [2.45, 2.75) is 25.9 Å². The third-order valence-electron chi connectivity index (χ3n) is 5.44. The number of aromatic nitrogens is 1. The average molecular weight is 472 g/mol. The first-order valence-corrected chi connectivity index (χ1v) is 10.3. The Hall–Kier alpha value is -3.85. The molecule has 0 saturated carbocycles. The van der Waals surface area contributed by atoms with Gasteiger partial charge in [0.2, 0.25) is 0 Å². The maximum atomic E-state index is 15.1. The van der Waals surface area contributed by atoms with E-state index < -0.39 is 18.1 Å². The van der Waals surface area contributed by atoms with E-state index in [9.17, 15) is 18.0 Å². The van der Waals surface area contributed by atoms with Gasteiger partial charge in [0, 0.05) is 34.8 Å². The largest absolute Gasteiger partial charge is 0.489 e. The third kappa shape index (κ3) is 4.60. The van der Waals surface area contributed by atoms with E-state index >= 15 is 4.39 Å². The number of hydrogen-bond donors (Lipinski definition) is 2. The van der Waals surface area contributed by atoms with Gasteiger partial charge >= 0.3 is 12.3 Å².